The molecule has 40 heavy (non-hydrogen) atoms. The summed E-state index contributed by atoms with van der Waals surface area (Å²) >= 11 is 0. The molecule has 5 aromatic rings. The van der Waals surface area contributed by atoms with Crippen LogP contribution in [0.4, 0.5) is 11.4 Å². The van der Waals surface area contributed by atoms with E-state index >= 15 is 0 Å². The van der Waals surface area contributed by atoms with E-state index in [2.05, 4.69) is 127 Å². The fraction of sp³-hybridized carbons (Fsp3) is 0.231. The largest absolute Gasteiger partial charge is 0.355 e. The van der Waals surface area contributed by atoms with Gasteiger partial charge in [0.25, 0.3) is 0 Å². The van der Waals surface area contributed by atoms with Gasteiger partial charge in [-0.05, 0) is 113 Å². The number of benzene rings is 5. The number of anilines is 2. The fourth-order valence-electron chi connectivity index (χ4n) is 8.15. The van der Waals surface area contributed by atoms with Gasteiger partial charge in [0.15, 0.2) is 0 Å². The Morgan fingerprint density at radius 3 is 1.77 bits per heavy atom. The van der Waals surface area contributed by atoms with Crippen molar-refractivity contribution in [3.8, 4) is 33.4 Å². The van der Waals surface area contributed by atoms with Crippen molar-refractivity contribution >= 4 is 11.4 Å². The minimum absolute atomic E-state index is 0.661. The highest BCUT2D eigenvalue weighted by Crippen LogP contribution is 2.55. The van der Waals surface area contributed by atoms with Crippen LogP contribution in [-0.2, 0) is 0 Å². The maximum atomic E-state index is 3.84. The maximum absolute atomic E-state index is 3.84. The Hall–Kier alpha value is -4.10. The fourth-order valence-corrected chi connectivity index (χ4v) is 8.15. The minimum Gasteiger partial charge on any atom is -0.355 e. The van der Waals surface area contributed by atoms with E-state index in [1.165, 1.54) is 71.2 Å². The molecule has 0 radical (unpaired) electrons. The van der Waals surface area contributed by atoms with Crippen molar-refractivity contribution in [3.05, 3.63) is 132 Å². The molecule has 9 rings (SSSR count). The quantitative estimate of drug-likeness (QED) is 0.250. The molecule has 0 aromatic heterocycles. The zero-order valence-corrected chi connectivity index (χ0v) is 22.9. The van der Waals surface area contributed by atoms with Crippen molar-refractivity contribution in [2.24, 2.45) is 11.8 Å². The van der Waals surface area contributed by atoms with Gasteiger partial charge in [-0.25, -0.2) is 0 Å². The number of hydrogen-bond acceptors (Lipinski definition) is 1. The lowest BCUT2D eigenvalue weighted by atomic mass is 9.63. The molecule has 0 amide bonds. The molecule has 196 valence electrons. The van der Waals surface area contributed by atoms with Crippen LogP contribution in [0, 0.1) is 11.8 Å². The second-order valence-electron chi connectivity index (χ2n) is 12.3. The van der Waals surface area contributed by atoms with Gasteiger partial charge in [-0.1, -0.05) is 103 Å². The molecule has 1 heteroatoms. The summed E-state index contributed by atoms with van der Waals surface area (Å²) in [7, 11) is 0. The first-order chi connectivity index (χ1) is 19.8. The van der Waals surface area contributed by atoms with Gasteiger partial charge in [-0.2, -0.15) is 0 Å². The highest BCUT2D eigenvalue weighted by Gasteiger charge is 2.40. The van der Waals surface area contributed by atoms with Crippen molar-refractivity contribution < 1.29 is 0 Å². The molecule has 2 atom stereocenters. The second kappa shape index (κ2) is 9.82. The van der Waals surface area contributed by atoms with Crippen LogP contribution in [0.3, 0.4) is 0 Å². The molecule has 1 nitrogen and oxygen atoms in total. The third-order valence-electron chi connectivity index (χ3n) is 9.83. The zero-order chi connectivity index (χ0) is 26.5. The summed E-state index contributed by atoms with van der Waals surface area (Å²) in [5.41, 5.74) is 13.4. The number of rotatable bonds is 4. The highest BCUT2D eigenvalue weighted by molar-refractivity contribution is 5.83. The van der Waals surface area contributed by atoms with Gasteiger partial charge in [-0.15, -0.1) is 0 Å². The summed E-state index contributed by atoms with van der Waals surface area (Å²) in [6.07, 6.45) is 6.89. The van der Waals surface area contributed by atoms with Gasteiger partial charge in [0.1, 0.15) is 0 Å². The van der Waals surface area contributed by atoms with Crippen LogP contribution in [-0.4, -0.2) is 0 Å². The minimum atomic E-state index is 0.661. The molecule has 5 aromatic carbocycles. The van der Waals surface area contributed by atoms with Gasteiger partial charge in [0.05, 0.1) is 0 Å². The zero-order valence-electron chi connectivity index (χ0n) is 22.9. The van der Waals surface area contributed by atoms with Crippen LogP contribution in [0.5, 0.6) is 0 Å². The third kappa shape index (κ3) is 4.25. The van der Waals surface area contributed by atoms with Crippen LogP contribution in [0.15, 0.2) is 121 Å². The molecule has 0 heterocycles. The summed E-state index contributed by atoms with van der Waals surface area (Å²) in [5.74, 6) is 3.13. The molecule has 2 fully saturated rings. The molecule has 0 spiro atoms. The first-order valence-corrected chi connectivity index (χ1v) is 15.0. The highest BCUT2D eigenvalue weighted by atomic mass is 14.9. The van der Waals surface area contributed by atoms with Crippen LogP contribution >= 0.6 is 0 Å². The van der Waals surface area contributed by atoms with E-state index < -0.39 is 0 Å². The van der Waals surface area contributed by atoms with E-state index in [1.54, 1.807) is 11.1 Å². The maximum Gasteiger partial charge on any atom is 0.0463 e. The van der Waals surface area contributed by atoms with Crippen molar-refractivity contribution in [2.45, 2.75) is 43.9 Å². The summed E-state index contributed by atoms with van der Waals surface area (Å²) in [6, 6.07) is 44.8. The standard InChI is InChI=1S/C39H35N/c1-2-8-28(9-3-1)29-14-16-30(17-15-29)35-11-6-7-13-39(35)40-33-18-19-37-36-12-5-4-10-34(36)31-21-26-20-27(22-31)24-32(23-26)38(37)25-33/h1-19,25-27,31-32,40H,20-24H2. The van der Waals surface area contributed by atoms with Gasteiger partial charge < -0.3 is 5.32 Å². The molecule has 0 aliphatic heterocycles. The Morgan fingerprint density at radius 1 is 0.425 bits per heavy atom. The molecular weight excluding hydrogens is 482 g/mol. The SMILES string of the molecule is c1ccc(-c2ccc(-c3ccccc3Nc3ccc4c(c3)C3CC5CC(CC(C5)c5ccccc5-4)C3)cc2)cc1. The van der Waals surface area contributed by atoms with E-state index in [1.807, 2.05) is 0 Å². The summed E-state index contributed by atoms with van der Waals surface area (Å²) in [6.45, 7) is 0. The molecule has 4 bridgehead atoms. The Morgan fingerprint density at radius 2 is 1.00 bits per heavy atom. The van der Waals surface area contributed by atoms with Crippen molar-refractivity contribution in [1.82, 2.24) is 0 Å². The third-order valence-corrected chi connectivity index (χ3v) is 9.83. The second-order valence-corrected chi connectivity index (χ2v) is 12.3. The average Bonchev–Trinajstić information content (AvgIpc) is 3.07. The monoisotopic (exact) mass is 517 g/mol. The lowest BCUT2D eigenvalue weighted by molar-refractivity contribution is 0.153. The lowest BCUT2D eigenvalue weighted by Crippen LogP contribution is -2.29. The molecular formula is C39H35N. The van der Waals surface area contributed by atoms with Crippen LogP contribution in [0.2, 0.25) is 0 Å². The van der Waals surface area contributed by atoms with E-state index in [-0.39, 0.29) is 0 Å². The average molecular weight is 518 g/mol. The van der Waals surface area contributed by atoms with Crippen LogP contribution < -0.4 is 5.32 Å². The predicted octanol–water partition coefficient (Wildman–Crippen LogP) is 10.8. The summed E-state index contributed by atoms with van der Waals surface area (Å²) < 4.78 is 0. The van der Waals surface area contributed by atoms with Crippen molar-refractivity contribution in [3.63, 3.8) is 0 Å². The Bertz CT molecular complexity index is 1650. The molecule has 2 unspecified atom stereocenters. The Balaban J connectivity index is 1.16. The lowest BCUT2D eigenvalue weighted by Gasteiger charge is -2.42. The van der Waals surface area contributed by atoms with Crippen LogP contribution in [0.25, 0.3) is 33.4 Å². The predicted molar refractivity (Wildman–Crippen MR) is 168 cm³/mol. The van der Waals surface area contributed by atoms with E-state index in [0.717, 1.165) is 23.4 Å². The van der Waals surface area contributed by atoms with Crippen molar-refractivity contribution in [1.29, 1.82) is 0 Å². The number of hydrogen-bond donors (Lipinski definition) is 1. The summed E-state index contributed by atoms with van der Waals surface area (Å²) in [4.78, 5) is 0. The Labute approximate surface area is 237 Å². The smallest absolute Gasteiger partial charge is 0.0463 e. The first kappa shape index (κ1) is 23.8. The van der Waals surface area contributed by atoms with Crippen LogP contribution in [0.1, 0.15) is 55.1 Å². The molecule has 4 aliphatic rings. The molecule has 4 aliphatic carbocycles. The van der Waals surface area contributed by atoms with Gasteiger partial charge in [0, 0.05) is 16.9 Å². The number of nitrogens with one attached hydrogen (secondary N) is 1. The Kier molecular flexibility index (Phi) is 5.83. The van der Waals surface area contributed by atoms with E-state index in [4.69, 9.17) is 0 Å². The first-order valence-electron chi connectivity index (χ1n) is 15.0. The molecule has 0 saturated heterocycles. The molecule has 1 N–H and O–H groups in total. The van der Waals surface area contributed by atoms with E-state index in [0.29, 0.717) is 5.92 Å². The van der Waals surface area contributed by atoms with Gasteiger partial charge >= 0.3 is 0 Å². The van der Waals surface area contributed by atoms with Crippen molar-refractivity contribution in [2.75, 3.05) is 5.32 Å². The topological polar surface area (TPSA) is 12.0 Å². The number of para-hydroxylation sites is 1. The van der Waals surface area contributed by atoms with E-state index in [9.17, 15) is 0 Å². The normalized spacial score (nSPS) is 22.5. The summed E-state index contributed by atoms with van der Waals surface area (Å²) in [5, 5.41) is 3.84. The van der Waals surface area contributed by atoms with Gasteiger partial charge in [-0.3, -0.25) is 0 Å². The molecule has 2 saturated carbocycles. The van der Waals surface area contributed by atoms with Gasteiger partial charge in [0.2, 0.25) is 0 Å².